The lowest BCUT2D eigenvalue weighted by molar-refractivity contribution is 0.514. The first-order valence-corrected chi connectivity index (χ1v) is 8.12. The molecule has 0 spiro atoms. The topological polar surface area (TPSA) is 77.0 Å². The quantitative estimate of drug-likeness (QED) is 0.576. The van der Waals surface area contributed by atoms with Crippen molar-refractivity contribution in [3.63, 3.8) is 0 Å². The van der Waals surface area contributed by atoms with Crippen LogP contribution < -0.4 is 17.0 Å². The molecular formula is C13H21ClN4S. The number of rotatable bonds is 5. The Morgan fingerprint density at radius 1 is 1.42 bits per heavy atom. The van der Waals surface area contributed by atoms with Crippen LogP contribution in [0, 0.1) is 0 Å². The SMILES string of the molecule is NNC(CSC1CCCCC1)c1cc(Cl)cnc1N. The standard InChI is InChI=1S/C13H21ClN4S/c14-9-6-11(13(15)17-7-9)12(18-16)8-19-10-4-2-1-3-5-10/h6-7,10,12,18H,1-5,8,16H2,(H2,15,17). The summed E-state index contributed by atoms with van der Waals surface area (Å²) in [7, 11) is 0. The van der Waals surface area contributed by atoms with Gasteiger partial charge >= 0.3 is 0 Å². The number of nitrogens with one attached hydrogen (secondary N) is 1. The summed E-state index contributed by atoms with van der Waals surface area (Å²) in [5.74, 6) is 7.04. The fraction of sp³-hybridized carbons (Fsp3) is 0.615. The summed E-state index contributed by atoms with van der Waals surface area (Å²) in [6.45, 7) is 0. The number of anilines is 1. The Hall–Kier alpha value is -0.490. The maximum absolute atomic E-state index is 5.97. The summed E-state index contributed by atoms with van der Waals surface area (Å²) < 4.78 is 0. The molecule has 0 radical (unpaired) electrons. The highest BCUT2D eigenvalue weighted by Crippen LogP contribution is 2.32. The van der Waals surface area contributed by atoms with E-state index in [0.29, 0.717) is 10.8 Å². The second-order valence-electron chi connectivity index (χ2n) is 4.94. The summed E-state index contributed by atoms with van der Waals surface area (Å²) >= 11 is 7.94. The lowest BCUT2D eigenvalue weighted by Gasteiger charge is -2.24. The Morgan fingerprint density at radius 3 is 2.84 bits per heavy atom. The minimum absolute atomic E-state index is 0.00173. The van der Waals surface area contributed by atoms with E-state index in [1.165, 1.54) is 32.1 Å². The molecular weight excluding hydrogens is 280 g/mol. The van der Waals surface area contributed by atoms with E-state index in [1.807, 2.05) is 17.8 Å². The Bertz CT molecular complexity index is 410. The van der Waals surface area contributed by atoms with Crippen molar-refractivity contribution < 1.29 is 0 Å². The predicted octanol–water partition coefficient (Wildman–Crippen LogP) is 2.89. The Morgan fingerprint density at radius 2 is 2.16 bits per heavy atom. The molecule has 1 saturated carbocycles. The van der Waals surface area contributed by atoms with Crippen molar-refractivity contribution in [2.24, 2.45) is 5.84 Å². The molecule has 106 valence electrons. The zero-order chi connectivity index (χ0) is 13.7. The number of halogens is 1. The molecule has 0 aliphatic heterocycles. The van der Waals surface area contributed by atoms with Crippen LogP contribution in [0.2, 0.25) is 5.02 Å². The minimum atomic E-state index is -0.00173. The highest BCUT2D eigenvalue weighted by atomic mass is 35.5. The van der Waals surface area contributed by atoms with Gasteiger partial charge in [0.25, 0.3) is 0 Å². The number of pyridine rings is 1. The fourth-order valence-corrected chi connectivity index (χ4v) is 4.01. The second-order valence-corrected chi connectivity index (χ2v) is 6.71. The van der Waals surface area contributed by atoms with Crippen LogP contribution in [-0.2, 0) is 0 Å². The van der Waals surface area contributed by atoms with E-state index >= 15 is 0 Å². The molecule has 0 bridgehead atoms. The van der Waals surface area contributed by atoms with E-state index in [0.717, 1.165) is 16.6 Å². The zero-order valence-corrected chi connectivity index (χ0v) is 12.5. The number of nitrogen functional groups attached to an aromatic ring is 1. The third kappa shape index (κ3) is 4.24. The summed E-state index contributed by atoms with van der Waals surface area (Å²) in [5, 5.41) is 1.34. The summed E-state index contributed by atoms with van der Waals surface area (Å²) in [6, 6.07) is 1.84. The van der Waals surface area contributed by atoms with Crippen molar-refractivity contribution in [2.75, 3.05) is 11.5 Å². The fourth-order valence-electron chi connectivity index (χ4n) is 2.44. The predicted molar refractivity (Wildman–Crippen MR) is 83.1 cm³/mol. The van der Waals surface area contributed by atoms with E-state index in [9.17, 15) is 0 Å². The van der Waals surface area contributed by atoms with Crippen molar-refractivity contribution in [2.45, 2.75) is 43.4 Å². The third-order valence-corrected chi connectivity index (χ3v) is 5.22. The van der Waals surface area contributed by atoms with Gasteiger partial charge in [0.05, 0.1) is 11.1 Å². The van der Waals surface area contributed by atoms with Crippen molar-refractivity contribution >= 4 is 29.2 Å². The number of nitrogens with zero attached hydrogens (tertiary/aromatic N) is 1. The van der Waals surface area contributed by atoms with E-state index < -0.39 is 0 Å². The first-order valence-electron chi connectivity index (χ1n) is 6.69. The first kappa shape index (κ1) is 14.9. The van der Waals surface area contributed by atoms with Gasteiger partial charge < -0.3 is 5.73 Å². The Labute approximate surface area is 123 Å². The van der Waals surface area contributed by atoms with Gasteiger partial charge in [0.2, 0.25) is 0 Å². The molecule has 4 nitrogen and oxygen atoms in total. The van der Waals surface area contributed by atoms with Crippen LogP contribution >= 0.6 is 23.4 Å². The third-order valence-electron chi connectivity index (χ3n) is 3.54. The lowest BCUT2D eigenvalue weighted by Crippen LogP contribution is -2.31. The molecule has 1 heterocycles. The average molecular weight is 301 g/mol. The van der Waals surface area contributed by atoms with Crippen LogP contribution in [0.15, 0.2) is 12.3 Å². The van der Waals surface area contributed by atoms with Gasteiger partial charge in [0.1, 0.15) is 5.82 Å². The average Bonchev–Trinajstić information content (AvgIpc) is 2.44. The molecule has 0 saturated heterocycles. The molecule has 1 aliphatic carbocycles. The molecule has 6 heteroatoms. The molecule has 2 rings (SSSR count). The van der Waals surface area contributed by atoms with Crippen LogP contribution in [0.4, 0.5) is 5.82 Å². The molecule has 1 atom stereocenters. The molecule has 1 fully saturated rings. The highest BCUT2D eigenvalue weighted by molar-refractivity contribution is 7.99. The number of hydrazine groups is 1. The van der Waals surface area contributed by atoms with Crippen LogP contribution in [0.25, 0.3) is 0 Å². The van der Waals surface area contributed by atoms with Crippen molar-refractivity contribution in [3.8, 4) is 0 Å². The normalized spacial score (nSPS) is 18.4. The van der Waals surface area contributed by atoms with Crippen molar-refractivity contribution in [1.29, 1.82) is 0 Å². The van der Waals surface area contributed by atoms with Gasteiger partial charge in [-0.1, -0.05) is 30.9 Å². The molecule has 0 amide bonds. The molecule has 19 heavy (non-hydrogen) atoms. The molecule has 5 N–H and O–H groups in total. The van der Waals surface area contributed by atoms with E-state index in [1.54, 1.807) is 6.20 Å². The second kappa shape index (κ2) is 7.33. The van der Waals surface area contributed by atoms with Gasteiger partial charge in [-0.15, -0.1) is 0 Å². The largest absolute Gasteiger partial charge is 0.383 e. The number of nitrogens with two attached hydrogens (primary N) is 2. The molecule has 0 aromatic carbocycles. The van der Waals surface area contributed by atoms with Crippen LogP contribution in [0.1, 0.15) is 43.7 Å². The smallest absolute Gasteiger partial charge is 0.128 e. The molecule has 1 aliphatic rings. The molecule has 1 aromatic heterocycles. The minimum Gasteiger partial charge on any atom is -0.383 e. The van der Waals surface area contributed by atoms with Gasteiger partial charge in [-0.3, -0.25) is 11.3 Å². The summed E-state index contributed by atoms with van der Waals surface area (Å²) in [5.41, 5.74) is 9.61. The zero-order valence-electron chi connectivity index (χ0n) is 10.9. The Kier molecular flexibility index (Phi) is 5.76. The number of hydrogen-bond donors (Lipinski definition) is 3. The van der Waals surface area contributed by atoms with E-state index in [4.69, 9.17) is 23.2 Å². The number of hydrogen-bond acceptors (Lipinski definition) is 5. The maximum Gasteiger partial charge on any atom is 0.128 e. The van der Waals surface area contributed by atoms with Crippen LogP contribution in [-0.4, -0.2) is 16.0 Å². The van der Waals surface area contributed by atoms with Crippen molar-refractivity contribution in [1.82, 2.24) is 10.4 Å². The van der Waals surface area contributed by atoms with Crippen LogP contribution in [0.3, 0.4) is 0 Å². The monoisotopic (exact) mass is 300 g/mol. The van der Waals surface area contributed by atoms with Gasteiger partial charge in [-0.25, -0.2) is 4.98 Å². The van der Waals surface area contributed by atoms with Gasteiger partial charge in [-0.2, -0.15) is 11.8 Å². The molecule has 1 unspecified atom stereocenters. The number of aromatic nitrogens is 1. The van der Waals surface area contributed by atoms with Crippen LogP contribution in [0.5, 0.6) is 0 Å². The number of thioether (sulfide) groups is 1. The molecule has 1 aromatic rings. The van der Waals surface area contributed by atoms with Gasteiger partial charge in [-0.05, 0) is 18.9 Å². The lowest BCUT2D eigenvalue weighted by atomic mass is 10.0. The van der Waals surface area contributed by atoms with Gasteiger partial charge in [0, 0.05) is 22.8 Å². The van der Waals surface area contributed by atoms with Crippen molar-refractivity contribution in [3.05, 3.63) is 22.8 Å². The Balaban J connectivity index is 1.97. The summed E-state index contributed by atoms with van der Waals surface area (Å²) in [6.07, 6.45) is 8.25. The van der Waals surface area contributed by atoms with Gasteiger partial charge in [0.15, 0.2) is 0 Å². The first-order chi connectivity index (χ1) is 9.20. The maximum atomic E-state index is 5.97. The van der Waals surface area contributed by atoms with E-state index in [-0.39, 0.29) is 6.04 Å². The van der Waals surface area contributed by atoms with E-state index in [2.05, 4.69) is 10.4 Å². The summed E-state index contributed by atoms with van der Waals surface area (Å²) in [4.78, 5) is 4.08. The highest BCUT2D eigenvalue weighted by Gasteiger charge is 2.19.